The topological polar surface area (TPSA) is 96.2 Å². The SMILES string of the molecule is CN(C)CCCN(Cc1ccccc1)c1cccc(C(=O)N2CCc3ccc(OS(N)(=O)=O)cc3C2)c1. The van der Waals surface area contributed by atoms with Crippen LogP contribution < -0.4 is 14.2 Å². The molecule has 3 aromatic rings. The molecule has 0 radical (unpaired) electrons. The van der Waals surface area contributed by atoms with Gasteiger partial charge in [0.25, 0.3) is 5.91 Å². The molecule has 4 rings (SSSR count). The molecule has 0 aromatic heterocycles. The summed E-state index contributed by atoms with van der Waals surface area (Å²) in [6.45, 7) is 3.57. The average molecular weight is 523 g/mol. The lowest BCUT2D eigenvalue weighted by Gasteiger charge is -2.30. The molecular weight excluding hydrogens is 488 g/mol. The molecule has 9 heteroatoms. The number of benzene rings is 3. The number of nitrogens with zero attached hydrogens (tertiary/aromatic N) is 3. The Morgan fingerprint density at radius 3 is 2.49 bits per heavy atom. The van der Waals surface area contributed by atoms with E-state index in [1.807, 2.05) is 42.5 Å². The number of hydrogen-bond donors (Lipinski definition) is 1. The van der Waals surface area contributed by atoms with Gasteiger partial charge in [-0.05, 0) is 80.5 Å². The van der Waals surface area contributed by atoms with Crippen molar-refractivity contribution >= 4 is 21.9 Å². The first-order valence-corrected chi connectivity index (χ1v) is 13.8. The molecule has 1 amide bonds. The number of hydrogen-bond acceptors (Lipinski definition) is 6. The number of nitrogens with two attached hydrogens (primary N) is 1. The molecule has 1 aliphatic heterocycles. The zero-order valence-corrected chi connectivity index (χ0v) is 22.2. The number of anilines is 1. The molecule has 1 aliphatic rings. The minimum Gasteiger partial charge on any atom is -0.371 e. The van der Waals surface area contributed by atoms with Crippen LogP contribution in [0.3, 0.4) is 0 Å². The highest BCUT2D eigenvalue weighted by molar-refractivity contribution is 7.84. The van der Waals surface area contributed by atoms with Gasteiger partial charge in [-0.1, -0.05) is 42.5 Å². The van der Waals surface area contributed by atoms with Crippen LogP contribution in [0.2, 0.25) is 0 Å². The third kappa shape index (κ3) is 7.55. The minimum atomic E-state index is -4.11. The van der Waals surface area contributed by atoms with Gasteiger partial charge in [0.1, 0.15) is 5.75 Å². The van der Waals surface area contributed by atoms with E-state index in [0.717, 1.165) is 42.9 Å². The van der Waals surface area contributed by atoms with Crippen LogP contribution in [0.1, 0.15) is 33.5 Å². The van der Waals surface area contributed by atoms with Crippen molar-refractivity contribution in [3.05, 3.63) is 95.1 Å². The molecule has 0 saturated heterocycles. The van der Waals surface area contributed by atoms with Crippen molar-refractivity contribution in [3.63, 3.8) is 0 Å². The van der Waals surface area contributed by atoms with Crippen molar-refractivity contribution < 1.29 is 17.4 Å². The molecule has 0 bridgehead atoms. The molecule has 0 atom stereocenters. The van der Waals surface area contributed by atoms with Gasteiger partial charge in [-0.25, -0.2) is 0 Å². The van der Waals surface area contributed by atoms with Crippen LogP contribution in [0.5, 0.6) is 5.75 Å². The number of carbonyl (C=O) groups excluding carboxylic acids is 1. The van der Waals surface area contributed by atoms with Gasteiger partial charge in [-0.3, -0.25) is 4.79 Å². The highest BCUT2D eigenvalue weighted by Gasteiger charge is 2.23. The molecule has 37 heavy (non-hydrogen) atoms. The minimum absolute atomic E-state index is 0.0572. The van der Waals surface area contributed by atoms with Gasteiger partial charge >= 0.3 is 10.3 Å². The first-order chi connectivity index (χ1) is 17.7. The van der Waals surface area contributed by atoms with Gasteiger partial charge in [-0.2, -0.15) is 13.6 Å². The van der Waals surface area contributed by atoms with Crippen molar-refractivity contribution in [2.75, 3.05) is 38.6 Å². The average Bonchev–Trinajstić information content (AvgIpc) is 2.87. The standard InChI is InChI=1S/C28H34N4O4S/c1-30(2)15-7-16-31(20-22-8-4-3-5-9-22)26-11-6-10-24(18-26)28(33)32-17-14-23-12-13-27(19-25(23)21-32)36-37(29,34)35/h3-6,8-13,18-19H,7,14-17,20-21H2,1-2H3,(H2,29,34,35). The Labute approximate surface area is 219 Å². The summed E-state index contributed by atoms with van der Waals surface area (Å²) in [4.78, 5) is 19.8. The normalized spacial score (nSPS) is 13.4. The Balaban J connectivity index is 1.52. The van der Waals surface area contributed by atoms with Crippen molar-refractivity contribution in [2.45, 2.75) is 25.9 Å². The van der Waals surface area contributed by atoms with E-state index in [0.29, 0.717) is 25.1 Å². The van der Waals surface area contributed by atoms with E-state index in [1.165, 1.54) is 5.56 Å². The fourth-order valence-corrected chi connectivity index (χ4v) is 4.96. The fourth-order valence-electron chi connectivity index (χ4n) is 4.59. The zero-order chi connectivity index (χ0) is 26.4. The van der Waals surface area contributed by atoms with Gasteiger partial charge in [0.15, 0.2) is 0 Å². The van der Waals surface area contributed by atoms with Crippen LogP contribution in [-0.2, 0) is 29.8 Å². The van der Waals surface area contributed by atoms with E-state index in [9.17, 15) is 13.2 Å². The first-order valence-electron chi connectivity index (χ1n) is 12.3. The van der Waals surface area contributed by atoms with Gasteiger partial charge in [-0.15, -0.1) is 0 Å². The van der Waals surface area contributed by atoms with Crippen LogP contribution in [0.25, 0.3) is 0 Å². The molecule has 0 fully saturated rings. The monoisotopic (exact) mass is 522 g/mol. The lowest BCUT2D eigenvalue weighted by Crippen LogP contribution is -2.36. The largest absolute Gasteiger partial charge is 0.380 e. The molecular formula is C28H34N4O4S. The molecule has 3 aromatic carbocycles. The molecule has 0 unspecified atom stereocenters. The maximum absolute atomic E-state index is 13.5. The second-order valence-electron chi connectivity index (χ2n) is 9.60. The summed E-state index contributed by atoms with van der Waals surface area (Å²) in [5.41, 5.74) is 4.77. The Bertz CT molecular complexity index is 1330. The number of amides is 1. The van der Waals surface area contributed by atoms with Crippen molar-refractivity contribution in [2.24, 2.45) is 5.14 Å². The van der Waals surface area contributed by atoms with Gasteiger partial charge in [0.2, 0.25) is 0 Å². The van der Waals surface area contributed by atoms with Crippen LogP contribution in [0.15, 0.2) is 72.8 Å². The highest BCUT2D eigenvalue weighted by atomic mass is 32.2. The second-order valence-corrected chi connectivity index (χ2v) is 10.7. The highest BCUT2D eigenvalue weighted by Crippen LogP contribution is 2.27. The Morgan fingerprint density at radius 1 is 0.973 bits per heavy atom. The van der Waals surface area contributed by atoms with Crippen molar-refractivity contribution in [1.29, 1.82) is 0 Å². The van der Waals surface area contributed by atoms with E-state index in [-0.39, 0.29) is 11.7 Å². The van der Waals surface area contributed by atoms with Crippen LogP contribution in [0.4, 0.5) is 5.69 Å². The fraction of sp³-hybridized carbons (Fsp3) is 0.321. The maximum atomic E-state index is 13.5. The van der Waals surface area contributed by atoms with Crippen molar-refractivity contribution in [1.82, 2.24) is 9.80 Å². The first kappa shape index (κ1) is 26.7. The van der Waals surface area contributed by atoms with Crippen molar-refractivity contribution in [3.8, 4) is 5.75 Å². The molecule has 2 N–H and O–H groups in total. The van der Waals surface area contributed by atoms with Crippen LogP contribution >= 0.6 is 0 Å². The molecule has 1 heterocycles. The predicted molar refractivity (Wildman–Crippen MR) is 146 cm³/mol. The van der Waals surface area contributed by atoms with E-state index in [1.54, 1.807) is 17.0 Å². The Kier molecular flexibility index (Phi) is 8.48. The van der Waals surface area contributed by atoms with Crippen LogP contribution in [-0.4, -0.2) is 57.9 Å². The maximum Gasteiger partial charge on any atom is 0.380 e. The molecule has 196 valence electrons. The predicted octanol–water partition coefficient (Wildman–Crippen LogP) is 3.43. The van der Waals surface area contributed by atoms with E-state index >= 15 is 0 Å². The van der Waals surface area contributed by atoms with Crippen LogP contribution in [0, 0.1) is 0 Å². The van der Waals surface area contributed by atoms with Gasteiger partial charge < -0.3 is 18.9 Å². The molecule has 0 aliphatic carbocycles. The summed E-state index contributed by atoms with van der Waals surface area (Å²) in [5.74, 6) is 0.0880. The Morgan fingerprint density at radius 2 is 1.76 bits per heavy atom. The summed E-state index contributed by atoms with van der Waals surface area (Å²) in [6, 6.07) is 23.2. The number of fused-ring (bicyclic) bond motifs is 1. The lowest BCUT2D eigenvalue weighted by molar-refractivity contribution is 0.0734. The number of rotatable bonds is 10. The zero-order valence-electron chi connectivity index (χ0n) is 21.3. The molecule has 0 spiro atoms. The Hall–Kier alpha value is -3.40. The summed E-state index contributed by atoms with van der Waals surface area (Å²) < 4.78 is 27.4. The molecule has 0 saturated carbocycles. The summed E-state index contributed by atoms with van der Waals surface area (Å²) >= 11 is 0. The number of carbonyl (C=O) groups is 1. The lowest BCUT2D eigenvalue weighted by atomic mass is 9.98. The van der Waals surface area contributed by atoms with Gasteiger partial charge in [0.05, 0.1) is 0 Å². The van der Waals surface area contributed by atoms with E-state index in [4.69, 9.17) is 9.32 Å². The third-order valence-electron chi connectivity index (χ3n) is 6.40. The summed E-state index contributed by atoms with van der Waals surface area (Å²) in [5, 5.41) is 5.01. The van der Waals surface area contributed by atoms with E-state index < -0.39 is 10.3 Å². The quantitative estimate of drug-likeness (QED) is 0.438. The second kappa shape index (κ2) is 11.8. The smallest absolute Gasteiger partial charge is 0.371 e. The van der Waals surface area contributed by atoms with Gasteiger partial charge in [0, 0.05) is 37.4 Å². The summed E-state index contributed by atoms with van der Waals surface area (Å²) in [7, 11) is 0.0304. The van der Waals surface area contributed by atoms with E-state index in [2.05, 4.69) is 42.1 Å². The molecule has 8 nitrogen and oxygen atoms in total. The summed E-state index contributed by atoms with van der Waals surface area (Å²) in [6.07, 6.45) is 1.69. The third-order valence-corrected chi connectivity index (χ3v) is 6.82.